The van der Waals surface area contributed by atoms with E-state index >= 15 is 0 Å². The van der Waals surface area contributed by atoms with Crippen molar-refractivity contribution in [2.45, 2.75) is 18.0 Å². The van der Waals surface area contributed by atoms with Gasteiger partial charge in [0.2, 0.25) is 0 Å². The van der Waals surface area contributed by atoms with Gasteiger partial charge < -0.3 is 10.1 Å². The fraction of sp³-hybridized carbons (Fsp3) is 0.0769. The number of carbonyl (C=O) groups excluding carboxylic acids is 1. The Morgan fingerprint density at radius 2 is 1.69 bits per heavy atom. The Morgan fingerprint density at radius 3 is 2.40 bits per heavy atom. The Bertz CT molecular complexity index is 1390. The van der Waals surface area contributed by atoms with Crippen LogP contribution in [0.4, 0.5) is 10.1 Å². The molecule has 0 fully saturated rings. The summed E-state index contributed by atoms with van der Waals surface area (Å²) in [7, 11) is -3.95. The number of carbonyl (C=O) groups is 1. The van der Waals surface area contributed by atoms with Gasteiger partial charge in [-0.25, -0.2) is 12.8 Å². The van der Waals surface area contributed by atoms with Gasteiger partial charge in [-0.3, -0.25) is 14.5 Å². The van der Waals surface area contributed by atoms with E-state index in [0.717, 1.165) is 23.4 Å². The third-order valence-electron chi connectivity index (χ3n) is 4.99. The zero-order valence-electron chi connectivity index (χ0n) is 18.5. The number of sulfonamides is 1. The molecule has 1 heterocycles. The number of halogens is 1. The number of benzene rings is 3. The number of nitrogens with one attached hydrogen (secondary N) is 2. The molecule has 3 aromatic carbocycles. The first-order valence-electron chi connectivity index (χ1n) is 10.7. The van der Waals surface area contributed by atoms with E-state index in [2.05, 4.69) is 15.0 Å². The molecule has 0 spiro atoms. The summed E-state index contributed by atoms with van der Waals surface area (Å²) in [6.07, 6.45) is 1.71. The van der Waals surface area contributed by atoms with Crippen LogP contribution in [0.1, 0.15) is 21.6 Å². The first-order valence-corrected chi connectivity index (χ1v) is 12.2. The minimum atomic E-state index is -3.95. The average Bonchev–Trinajstić information content (AvgIpc) is 2.88. The lowest BCUT2D eigenvalue weighted by Gasteiger charge is -2.10. The summed E-state index contributed by atoms with van der Waals surface area (Å²) in [6, 6.07) is 23.5. The SMILES string of the molecule is O=C(NCc1ccc(OCc2ccccn2)cc1)c1cccc(S(=O)(=O)Nc2ccc(F)cc2)c1. The van der Waals surface area contributed by atoms with Crippen molar-refractivity contribution in [1.82, 2.24) is 10.3 Å². The van der Waals surface area contributed by atoms with Gasteiger partial charge in [-0.1, -0.05) is 24.3 Å². The molecular weight excluding hydrogens is 469 g/mol. The molecule has 0 aliphatic rings. The highest BCUT2D eigenvalue weighted by Crippen LogP contribution is 2.18. The van der Waals surface area contributed by atoms with Crippen molar-refractivity contribution < 1.29 is 22.3 Å². The van der Waals surface area contributed by atoms with Crippen LogP contribution in [0.25, 0.3) is 0 Å². The molecule has 0 radical (unpaired) electrons. The number of ether oxygens (including phenoxy) is 1. The summed E-state index contributed by atoms with van der Waals surface area (Å²) in [5, 5.41) is 2.78. The standard InChI is InChI=1S/C26H22FN3O4S/c27-21-9-11-22(12-10-21)30-35(32,33)25-6-3-4-20(16-25)26(31)29-17-19-7-13-24(14-8-19)34-18-23-5-1-2-15-28-23/h1-16,30H,17-18H2,(H,29,31). The summed E-state index contributed by atoms with van der Waals surface area (Å²) in [6.45, 7) is 0.607. The number of hydrogen-bond acceptors (Lipinski definition) is 5. The van der Waals surface area contributed by atoms with Gasteiger partial charge in [0.25, 0.3) is 15.9 Å². The average molecular weight is 492 g/mol. The second-order valence-electron chi connectivity index (χ2n) is 7.58. The molecule has 0 bridgehead atoms. The number of hydrogen-bond donors (Lipinski definition) is 2. The maximum atomic E-state index is 13.1. The Morgan fingerprint density at radius 1 is 0.914 bits per heavy atom. The molecule has 4 aromatic rings. The summed E-state index contributed by atoms with van der Waals surface area (Å²) in [5.41, 5.74) is 2.09. The lowest BCUT2D eigenvalue weighted by molar-refractivity contribution is 0.0950. The van der Waals surface area contributed by atoms with Crippen molar-refractivity contribution in [3.63, 3.8) is 0 Å². The number of nitrogens with zero attached hydrogens (tertiary/aromatic N) is 1. The van der Waals surface area contributed by atoms with Crippen molar-refractivity contribution in [3.05, 3.63) is 120 Å². The van der Waals surface area contributed by atoms with Crippen LogP contribution < -0.4 is 14.8 Å². The molecule has 1 aromatic heterocycles. The maximum Gasteiger partial charge on any atom is 0.261 e. The number of pyridine rings is 1. The Balaban J connectivity index is 1.34. The van der Waals surface area contributed by atoms with Crippen LogP contribution >= 0.6 is 0 Å². The topological polar surface area (TPSA) is 97.4 Å². The Hall–Kier alpha value is -4.24. The maximum absolute atomic E-state index is 13.1. The molecular formula is C26H22FN3O4S. The Labute approximate surface area is 202 Å². The molecule has 0 unspecified atom stereocenters. The van der Waals surface area contributed by atoms with Gasteiger partial charge in [0, 0.05) is 24.0 Å². The van der Waals surface area contributed by atoms with Gasteiger partial charge in [0.15, 0.2) is 0 Å². The molecule has 0 aliphatic carbocycles. The molecule has 2 N–H and O–H groups in total. The van der Waals surface area contributed by atoms with Crippen LogP contribution in [0.2, 0.25) is 0 Å². The summed E-state index contributed by atoms with van der Waals surface area (Å²) in [5.74, 6) is -0.213. The highest BCUT2D eigenvalue weighted by atomic mass is 32.2. The predicted octanol–water partition coefficient (Wildman–Crippen LogP) is 4.53. The molecule has 0 saturated heterocycles. The monoisotopic (exact) mass is 491 g/mol. The molecule has 35 heavy (non-hydrogen) atoms. The van der Waals surface area contributed by atoms with E-state index in [-0.39, 0.29) is 22.7 Å². The third kappa shape index (κ3) is 6.64. The molecule has 0 aliphatic heterocycles. The quantitative estimate of drug-likeness (QED) is 0.359. The largest absolute Gasteiger partial charge is 0.487 e. The number of rotatable bonds is 9. The molecule has 0 atom stereocenters. The highest BCUT2D eigenvalue weighted by molar-refractivity contribution is 7.92. The molecule has 4 rings (SSSR count). The summed E-state index contributed by atoms with van der Waals surface area (Å²) < 4.78 is 46.5. The fourth-order valence-electron chi connectivity index (χ4n) is 3.17. The van der Waals surface area contributed by atoms with Crippen LogP contribution in [0.5, 0.6) is 5.75 Å². The highest BCUT2D eigenvalue weighted by Gasteiger charge is 2.16. The molecule has 178 valence electrons. The van der Waals surface area contributed by atoms with Crippen molar-refractivity contribution in [3.8, 4) is 5.75 Å². The van der Waals surface area contributed by atoms with Crippen LogP contribution in [0.15, 0.2) is 102 Å². The molecule has 0 saturated carbocycles. The zero-order chi connectivity index (χ0) is 24.7. The van der Waals surface area contributed by atoms with Gasteiger partial charge in [-0.2, -0.15) is 0 Å². The van der Waals surface area contributed by atoms with Crippen LogP contribution in [-0.4, -0.2) is 19.3 Å². The summed E-state index contributed by atoms with van der Waals surface area (Å²) >= 11 is 0. The lowest BCUT2D eigenvalue weighted by atomic mass is 10.2. The van der Waals surface area contributed by atoms with E-state index in [1.165, 1.54) is 36.4 Å². The van der Waals surface area contributed by atoms with E-state index in [4.69, 9.17) is 4.74 Å². The second kappa shape index (κ2) is 10.8. The van der Waals surface area contributed by atoms with Crippen LogP contribution in [0, 0.1) is 5.82 Å². The van der Waals surface area contributed by atoms with Crippen LogP contribution in [-0.2, 0) is 23.2 Å². The minimum Gasteiger partial charge on any atom is -0.487 e. The van der Waals surface area contributed by atoms with Gasteiger partial charge in [0.1, 0.15) is 18.2 Å². The normalized spacial score (nSPS) is 11.0. The van der Waals surface area contributed by atoms with Gasteiger partial charge >= 0.3 is 0 Å². The number of amides is 1. The lowest BCUT2D eigenvalue weighted by Crippen LogP contribution is -2.23. The van der Waals surface area contributed by atoms with Crippen LogP contribution in [0.3, 0.4) is 0 Å². The Kier molecular flexibility index (Phi) is 7.37. The van der Waals surface area contributed by atoms with E-state index in [0.29, 0.717) is 12.4 Å². The second-order valence-corrected chi connectivity index (χ2v) is 9.26. The van der Waals surface area contributed by atoms with Crippen molar-refractivity contribution in [2.75, 3.05) is 4.72 Å². The smallest absolute Gasteiger partial charge is 0.261 e. The summed E-state index contributed by atoms with van der Waals surface area (Å²) in [4.78, 5) is 16.7. The van der Waals surface area contributed by atoms with Crippen molar-refractivity contribution in [2.24, 2.45) is 0 Å². The third-order valence-corrected chi connectivity index (χ3v) is 6.37. The zero-order valence-corrected chi connectivity index (χ0v) is 19.3. The van der Waals surface area contributed by atoms with Crippen molar-refractivity contribution in [1.29, 1.82) is 0 Å². The van der Waals surface area contributed by atoms with Gasteiger partial charge in [-0.15, -0.1) is 0 Å². The van der Waals surface area contributed by atoms with E-state index in [1.807, 2.05) is 30.3 Å². The molecule has 9 heteroatoms. The molecule has 1 amide bonds. The van der Waals surface area contributed by atoms with E-state index < -0.39 is 21.7 Å². The predicted molar refractivity (Wildman–Crippen MR) is 130 cm³/mol. The number of aromatic nitrogens is 1. The van der Waals surface area contributed by atoms with Gasteiger partial charge in [0.05, 0.1) is 10.6 Å². The minimum absolute atomic E-state index is 0.0797. The van der Waals surface area contributed by atoms with Crippen molar-refractivity contribution >= 4 is 21.6 Å². The first-order chi connectivity index (χ1) is 16.9. The van der Waals surface area contributed by atoms with Gasteiger partial charge in [-0.05, 0) is 72.3 Å². The number of anilines is 1. The first kappa shape index (κ1) is 23.9. The fourth-order valence-corrected chi connectivity index (χ4v) is 4.27. The van der Waals surface area contributed by atoms with E-state index in [9.17, 15) is 17.6 Å². The van der Waals surface area contributed by atoms with E-state index in [1.54, 1.807) is 18.3 Å². The molecule has 7 nitrogen and oxygen atoms in total.